The Labute approximate surface area is 102 Å². The van der Waals surface area contributed by atoms with Crippen LogP contribution in [0.1, 0.15) is 32.3 Å². The maximum atomic E-state index is 3.36. The highest BCUT2D eigenvalue weighted by Crippen LogP contribution is 2.34. The van der Waals surface area contributed by atoms with Crippen LogP contribution in [0, 0.1) is 0 Å². The standard InChI is InChI=1S/C16H17N/c1-11-7-8-13(12(2)9-11)15-10-17-16-6-4-3-5-14(15)16/h3-6,9-10,17H,7-8H2,1-2H3. The summed E-state index contributed by atoms with van der Waals surface area (Å²) in [5.41, 5.74) is 7.01. The number of hydrogen-bond acceptors (Lipinski definition) is 0. The van der Waals surface area contributed by atoms with Gasteiger partial charge in [0, 0.05) is 22.7 Å². The molecule has 1 nitrogen and oxygen atoms in total. The Morgan fingerprint density at radius 2 is 1.88 bits per heavy atom. The van der Waals surface area contributed by atoms with Crippen LogP contribution in [0.5, 0.6) is 0 Å². The summed E-state index contributed by atoms with van der Waals surface area (Å²) < 4.78 is 0. The first kappa shape index (κ1) is 10.4. The second-order valence-corrected chi connectivity index (χ2v) is 4.90. The van der Waals surface area contributed by atoms with Crippen molar-refractivity contribution in [3.63, 3.8) is 0 Å². The highest BCUT2D eigenvalue weighted by molar-refractivity contribution is 5.93. The van der Waals surface area contributed by atoms with E-state index in [4.69, 9.17) is 0 Å². The van der Waals surface area contributed by atoms with Gasteiger partial charge >= 0.3 is 0 Å². The molecule has 1 aromatic heterocycles. The summed E-state index contributed by atoms with van der Waals surface area (Å²) in [6.07, 6.45) is 6.82. The molecule has 86 valence electrons. The number of aromatic nitrogens is 1. The van der Waals surface area contributed by atoms with Crippen molar-refractivity contribution >= 4 is 16.5 Å². The minimum absolute atomic E-state index is 1.16. The van der Waals surface area contributed by atoms with Crippen molar-refractivity contribution in [2.75, 3.05) is 0 Å². The van der Waals surface area contributed by atoms with E-state index in [0.717, 1.165) is 6.42 Å². The highest BCUT2D eigenvalue weighted by Gasteiger charge is 2.13. The topological polar surface area (TPSA) is 15.8 Å². The van der Waals surface area contributed by atoms with Crippen molar-refractivity contribution < 1.29 is 0 Å². The molecule has 1 aromatic carbocycles. The summed E-state index contributed by atoms with van der Waals surface area (Å²) in [6, 6.07) is 8.53. The van der Waals surface area contributed by atoms with E-state index in [2.05, 4.69) is 55.4 Å². The van der Waals surface area contributed by atoms with Crippen LogP contribution in [0.2, 0.25) is 0 Å². The maximum absolute atomic E-state index is 3.36. The van der Waals surface area contributed by atoms with Crippen LogP contribution in [0.4, 0.5) is 0 Å². The molecule has 0 aliphatic heterocycles. The number of allylic oxidation sites excluding steroid dienone is 4. The molecule has 1 aliphatic carbocycles. The third-order valence-corrected chi connectivity index (χ3v) is 3.62. The summed E-state index contributed by atoms with van der Waals surface area (Å²) in [6.45, 7) is 4.44. The summed E-state index contributed by atoms with van der Waals surface area (Å²) in [5, 5.41) is 1.34. The molecule has 0 radical (unpaired) electrons. The number of rotatable bonds is 1. The lowest BCUT2D eigenvalue weighted by atomic mass is 9.89. The van der Waals surface area contributed by atoms with E-state index in [9.17, 15) is 0 Å². The zero-order chi connectivity index (χ0) is 11.8. The lowest BCUT2D eigenvalue weighted by molar-refractivity contribution is 0.963. The first-order valence-corrected chi connectivity index (χ1v) is 6.19. The molecule has 1 N–H and O–H groups in total. The van der Waals surface area contributed by atoms with E-state index in [-0.39, 0.29) is 0 Å². The number of hydrogen-bond donors (Lipinski definition) is 1. The molecule has 0 fully saturated rings. The summed E-state index contributed by atoms with van der Waals surface area (Å²) in [7, 11) is 0. The number of nitrogens with one attached hydrogen (secondary N) is 1. The molecular weight excluding hydrogens is 206 g/mol. The largest absolute Gasteiger partial charge is 0.361 e. The van der Waals surface area contributed by atoms with Crippen molar-refractivity contribution in [2.24, 2.45) is 0 Å². The summed E-state index contributed by atoms with van der Waals surface area (Å²) >= 11 is 0. The molecule has 0 spiro atoms. The molecule has 0 saturated carbocycles. The third kappa shape index (κ3) is 1.72. The summed E-state index contributed by atoms with van der Waals surface area (Å²) in [4.78, 5) is 3.36. The fourth-order valence-corrected chi connectivity index (χ4v) is 2.72. The van der Waals surface area contributed by atoms with E-state index >= 15 is 0 Å². The average molecular weight is 223 g/mol. The van der Waals surface area contributed by atoms with Crippen molar-refractivity contribution in [1.82, 2.24) is 4.98 Å². The Morgan fingerprint density at radius 1 is 1.06 bits per heavy atom. The SMILES string of the molecule is CC1=CC(C)=C(c2c[nH]c3ccccc23)CC1. The first-order chi connectivity index (χ1) is 8.25. The van der Waals surface area contributed by atoms with Gasteiger partial charge < -0.3 is 4.98 Å². The number of para-hydroxylation sites is 1. The zero-order valence-electron chi connectivity index (χ0n) is 10.4. The molecule has 1 heterocycles. The number of fused-ring (bicyclic) bond motifs is 1. The third-order valence-electron chi connectivity index (χ3n) is 3.62. The fraction of sp³-hybridized carbons (Fsp3) is 0.250. The Hall–Kier alpha value is -1.76. The Kier molecular flexibility index (Phi) is 2.40. The normalized spacial score (nSPS) is 16.5. The number of benzene rings is 1. The van der Waals surface area contributed by atoms with E-state index < -0.39 is 0 Å². The monoisotopic (exact) mass is 223 g/mol. The van der Waals surface area contributed by atoms with Gasteiger partial charge in [-0.2, -0.15) is 0 Å². The van der Waals surface area contributed by atoms with Crippen LogP contribution < -0.4 is 0 Å². The van der Waals surface area contributed by atoms with E-state index in [1.165, 1.54) is 39.6 Å². The van der Waals surface area contributed by atoms with Crippen LogP contribution in [-0.2, 0) is 0 Å². The molecule has 0 saturated heterocycles. The van der Waals surface area contributed by atoms with Gasteiger partial charge in [0.15, 0.2) is 0 Å². The van der Waals surface area contributed by atoms with Crippen LogP contribution in [-0.4, -0.2) is 4.98 Å². The minimum Gasteiger partial charge on any atom is -0.361 e. The average Bonchev–Trinajstić information content (AvgIpc) is 2.73. The molecule has 0 atom stereocenters. The van der Waals surface area contributed by atoms with Crippen molar-refractivity contribution in [3.8, 4) is 0 Å². The lowest BCUT2D eigenvalue weighted by Crippen LogP contribution is -1.94. The van der Waals surface area contributed by atoms with Gasteiger partial charge in [-0.15, -0.1) is 0 Å². The Morgan fingerprint density at radius 3 is 2.71 bits per heavy atom. The second kappa shape index (κ2) is 3.92. The van der Waals surface area contributed by atoms with Crippen LogP contribution in [0.25, 0.3) is 16.5 Å². The molecule has 3 rings (SSSR count). The van der Waals surface area contributed by atoms with Gasteiger partial charge in [0.05, 0.1) is 0 Å². The molecule has 1 aliphatic rings. The van der Waals surface area contributed by atoms with Crippen LogP contribution >= 0.6 is 0 Å². The second-order valence-electron chi connectivity index (χ2n) is 4.90. The minimum atomic E-state index is 1.16. The predicted octanol–water partition coefficient (Wildman–Crippen LogP) is 4.68. The van der Waals surface area contributed by atoms with Gasteiger partial charge in [0.25, 0.3) is 0 Å². The van der Waals surface area contributed by atoms with Gasteiger partial charge in [-0.05, 0) is 43.9 Å². The van der Waals surface area contributed by atoms with Crippen LogP contribution in [0.15, 0.2) is 47.7 Å². The van der Waals surface area contributed by atoms with Crippen molar-refractivity contribution in [3.05, 3.63) is 53.2 Å². The van der Waals surface area contributed by atoms with Gasteiger partial charge in [0.2, 0.25) is 0 Å². The van der Waals surface area contributed by atoms with Crippen molar-refractivity contribution in [2.45, 2.75) is 26.7 Å². The lowest BCUT2D eigenvalue weighted by Gasteiger charge is -2.16. The van der Waals surface area contributed by atoms with Crippen LogP contribution in [0.3, 0.4) is 0 Å². The van der Waals surface area contributed by atoms with Gasteiger partial charge in [0.1, 0.15) is 0 Å². The Balaban J connectivity index is 2.19. The molecule has 1 heteroatoms. The number of H-pyrrole nitrogens is 1. The predicted molar refractivity (Wildman–Crippen MR) is 73.9 cm³/mol. The smallest absolute Gasteiger partial charge is 0.0460 e. The number of aromatic amines is 1. The molecule has 0 unspecified atom stereocenters. The van der Waals surface area contributed by atoms with Gasteiger partial charge in [-0.25, -0.2) is 0 Å². The molecule has 2 aromatic rings. The quantitative estimate of drug-likeness (QED) is 0.722. The fourth-order valence-electron chi connectivity index (χ4n) is 2.72. The highest BCUT2D eigenvalue weighted by atomic mass is 14.7. The van der Waals surface area contributed by atoms with E-state index in [1.54, 1.807) is 0 Å². The Bertz CT molecular complexity index is 626. The van der Waals surface area contributed by atoms with Gasteiger partial charge in [-0.3, -0.25) is 0 Å². The first-order valence-electron chi connectivity index (χ1n) is 6.19. The molecular formula is C16H17N. The van der Waals surface area contributed by atoms with E-state index in [1.807, 2.05) is 0 Å². The molecule has 17 heavy (non-hydrogen) atoms. The van der Waals surface area contributed by atoms with Gasteiger partial charge in [-0.1, -0.05) is 29.8 Å². The molecule has 0 bridgehead atoms. The zero-order valence-corrected chi connectivity index (χ0v) is 10.4. The van der Waals surface area contributed by atoms with E-state index in [0.29, 0.717) is 0 Å². The molecule has 0 amide bonds. The maximum Gasteiger partial charge on any atom is 0.0460 e. The summed E-state index contributed by atoms with van der Waals surface area (Å²) in [5.74, 6) is 0. The van der Waals surface area contributed by atoms with Crippen molar-refractivity contribution in [1.29, 1.82) is 0 Å².